The Kier molecular flexibility index (Phi) is 3.51. The second-order valence-electron chi connectivity index (χ2n) is 4.56. The maximum atomic E-state index is 5.87. The molecule has 0 aliphatic rings. The largest absolute Gasteiger partial charge is 0.488 e. The van der Waals surface area contributed by atoms with Crippen LogP contribution in [0.1, 0.15) is 22.3 Å². The number of nitrogen functional groups attached to an aromatic ring is 1. The molecule has 0 bridgehead atoms. The first-order valence-corrected chi connectivity index (χ1v) is 5.98. The van der Waals surface area contributed by atoms with Gasteiger partial charge in [0.15, 0.2) is 0 Å². The number of anilines is 1. The molecule has 0 fully saturated rings. The fourth-order valence-electron chi connectivity index (χ4n) is 2.12. The third-order valence-electron chi connectivity index (χ3n) is 2.90. The average molecular weight is 242 g/mol. The van der Waals surface area contributed by atoms with Gasteiger partial charge in [-0.15, -0.1) is 0 Å². The van der Waals surface area contributed by atoms with Gasteiger partial charge in [-0.2, -0.15) is 0 Å². The Labute approximate surface area is 108 Å². The summed E-state index contributed by atoms with van der Waals surface area (Å²) in [4.78, 5) is 4.05. The number of nitrogens with two attached hydrogens (primary N) is 1. The number of rotatable bonds is 3. The fraction of sp³-hybridized carbons (Fsp3) is 0.267. The van der Waals surface area contributed by atoms with E-state index in [2.05, 4.69) is 37.9 Å². The van der Waals surface area contributed by atoms with Crippen molar-refractivity contribution in [3.8, 4) is 5.75 Å². The third-order valence-corrected chi connectivity index (χ3v) is 2.90. The first-order valence-electron chi connectivity index (χ1n) is 5.98. The van der Waals surface area contributed by atoms with Gasteiger partial charge in [-0.05, 0) is 38.0 Å². The summed E-state index contributed by atoms with van der Waals surface area (Å²) < 4.78 is 5.87. The first-order chi connectivity index (χ1) is 8.58. The predicted molar refractivity (Wildman–Crippen MR) is 73.6 cm³/mol. The minimum atomic E-state index is 0.449. The van der Waals surface area contributed by atoms with Crippen molar-refractivity contribution < 1.29 is 4.74 Å². The van der Waals surface area contributed by atoms with Crippen LogP contribution in [-0.2, 0) is 6.61 Å². The van der Waals surface area contributed by atoms with Crippen LogP contribution in [0.5, 0.6) is 5.75 Å². The van der Waals surface area contributed by atoms with Crippen LogP contribution in [-0.4, -0.2) is 4.98 Å². The van der Waals surface area contributed by atoms with Gasteiger partial charge in [-0.25, -0.2) is 4.98 Å². The lowest BCUT2D eigenvalue weighted by Gasteiger charge is -2.13. The molecule has 1 aromatic carbocycles. The third kappa shape index (κ3) is 2.62. The number of hydrogen-bond acceptors (Lipinski definition) is 3. The first kappa shape index (κ1) is 12.4. The Bertz CT molecular complexity index is 541. The van der Waals surface area contributed by atoms with E-state index < -0.39 is 0 Å². The summed E-state index contributed by atoms with van der Waals surface area (Å²) in [5.41, 5.74) is 10.3. The summed E-state index contributed by atoms with van der Waals surface area (Å²) in [6, 6.07) is 8.04. The highest BCUT2D eigenvalue weighted by molar-refractivity contribution is 5.44. The Balaban J connectivity index is 2.19. The topological polar surface area (TPSA) is 48.1 Å². The second kappa shape index (κ2) is 5.08. The number of nitrogens with zero attached hydrogens (tertiary/aromatic N) is 1. The van der Waals surface area contributed by atoms with Crippen LogP contribution in [0.25, 0.3) is 0 Å². The lowest BCUT2D eigenvalue weighted by Crippen LogP contribution is -2.03. The van der Waals surface area contributed by atoms with E-state index in [1.54, 1.807) is 6.20 Å². The summed E-state index contributed by atoms with van der Waals surface area (Å²) in [5, 5.41) is 0. The van der Waals surface area contributed by atoms with Crippen LogP contribution in [0.4, 0.5) is 5.82 Å². The molecule has 0 atom stereocenters. The molecule has 2 N–H and O–H groups in total. The number of aryl methyl sites for hydroxylation is 3. The Hall–Kier alpha value is -2.03. The van der Waals surface area contributed by atoms with Gasteiger partial charge in [0.2, 0.25) is 0 Å². The molecular weight excluding hydrogens is 224 g/mol. The molecule has 0 saturated carbocycles. The zero-order valence-electron chi connectivity index (χ0n) is 11.0. The number of hydrogen-bond donors (Lipinski definition) is 1. The molecule has 18 heavy (non-hydrogen) atoms. The highest BCUT2D eigenvalue weighted by Crippen LogP contribution is 2.25. The van der Waals surface area contributed by atoms with Crippen LogP contribution in [0.2, 0.25) is 0 Å². The minimum absolute atomic E-state index is 0.449. The highest BCUT2D eigenvalue weighted by atomic mass is 16.5. The van der Waals surface area contributed by atoms with Crippen molar-refractivity contribution in [3.05, 3.63) is 52.7 Å². The molecule has 1 heterocycles. The monoisotopic (exact) mass is 242 g/mol. The smallest absolute Gasteiger partial charge is 0.129 e. The van der Waals surface area contributed by atoms with Gasteiger partial charge in [-0.3, -0.25) is 0 Å². The Morgan fingerprint density at radius 1 is 1.17 bits per heavy atom. The number of pyridine rings is 1. The molecule has 2 aromatic rings. The molecule has 0 aliphatic heterocycles. The summed E-state index contributed by atoms with van der Waals surface area (Å²) >= 11 is 0. The molecule has 0 radical (unpaired) electrons. The van der Waals surface area contributed by atoms with E-state index in [9.17, 15) is 0 Å². The van der Waals surface area contributed by atoms with Crippen molar-refractivity contribution in [2.45, 2.75) is 27.4 Å². The molecule has 2 rings (SSSR count). The van der Waals surface area contributed by atoms with Crippen LogP contribution in [0.3, 0.4) is 0 Å². The quantitative estimate of drug-likeness (QED) is 0.899. The van der Waals surface area contributed by atoms with Gasteiger partial charge in [-0.1, -0.05) is 23.8 Å². The molecule has 1 aromatic heterocycles. The van der Waals surface area contributed by atoms with E-state index >= 15 is 0 Å². The van der Waals surface area contributed by atoms with Crippen molar-refractivity contribution in [2.75, 3.05) is 5.73 Å². The molecule has 3 nitrogen and oxygen atoms in total. The number of benzene rings is 1. The van der Waals surface area contributed by atoms with Gasteiger partial charge in [0.25, 0.3) is 0 Å². The van der Waals surface area contributed by atoms with E-state index in [0.29, 0.717) is 12.4 Å². The zero-order chi connectivity index (χ0) is 13.1. The van der Waals surface area contributed by atoms with Crippen molar-refractivity contribution in [1.82, 2.24) is 4.98 Å². The molecule has 0 saturated heterocycles. The van der Waals surface area contributed by atoms with E-state index in [-0.39, 0.29) is 0 Å². The summed E-state index contributed by atoms with van der Waals surface area (Å²) in [6.45, 7) is 6.65. The van der Waals surface area contributed by atoms with Crippen molar-refractivity contribution in [2.24, 2.45) is 0 Å². The summed E-state index contributed by atoms with van der Waals surface area (Å²) in [7, 11) is 0. The summed E-state index contributed by atoms with van der Waals surface area (Å²) in [6.07, 6.45) is 1.68. The Morgan fingerprint density at radius 3 is 2.44 bits per heavy atom. The number of ether oxygens (including phenoxy) is 1. The minimum Gasteiger partial charge on any atom is -0.488 e. The van der Waals surface area contributed by atoms with Crippen molar-refractivity contribution >= 4 is 5.82 Å². The lowest BCUT2D eigenvalue weighted by molar-refractivity contribution is 0.302. The lowest BCUT2D eigenvalue weighted by atomic mass is 10.1. The highest BCUT2D eigenvalue weighted by Gasteiger charge is 2.06. The molecule has 0 aliphatic carbocycles. The van der Waals surface area contributed by atoms with E-state index in [1.807, 2.05) is 12.1 Å². The average Bonchev–Trinajstić information content (AvgIpc) is 2.30. The van der Waals surface area contributed by atoms with Gasteiger partial charge < -0.3 is 10.5 Å². The van der Waals surface area contributed by atoms with Gasteiger partial charge in [0.1, 0.15) is 18.2 Å². The van der Waals surface area contributed by atoms with E-state index in [1.165, 1.54) is 5.56 Å². The van der Waals surface area contributed by atoms with E-state index in [0.717, 1.165) is 22.4 Å². The standard InChI is InChI=1S/C15H18N2O/c1-10-7-11(2)14(12(3)8-10)18-9-13-5-4-6-17-15(13)16/h4-8H,9H2,1-3H3,(H2,16,17). The zero-order valence-corrected chi connectivity index (χ0v) is 11.0. The maximum absolute atomic E-state index is 5.87. The van der Waals surface area contributed by atoms with Crippen LogP contribution in [0, 0.1) is 20.8 Å². The second-order valence-corrected chi connectivity index (χ2v) is 4.56. The fourth-order valence-corrected chi connectivity index (χ4v) is 2.12. The maximum Gasteiger partial charge on any atom is 0.129 e. The SMILES string of the molecule is Cc1cc(C)c(OCc2cccnc2N)c(C)c1. The van der Waals surface area contributed by atoms with Crippen LogP contribution < -0.4 is 10.5 Å². The molecular formula is C15H18N2O. The normalized spacial score (nSPS) is 10.4. The van der Waals surface area contributed by atoms with Gasteiger partial charge >= 0.3 is 0 Å². The van der Waals surface area contributed by atoms with Gasteiger partial charge in [0.05, 0.1) is 0 Å². The van der Waals surface area contributed by atoms with Gasteiger partial charge in [0, 0.05) is 11.8 Å². The number of aromatic nitrogens is 1. The van der Waals surface area contributed by atoms with Crippen molar-refractivity contribution in [1.29, 1.82) is 0 Å². The predicted octanol–water partition coefficient (Wildman–Crippen LogP) is 3.17. The molecule has 0 amide bonds. The molecule has 0 unspecified atom stereocenters. The van der Waals surface area contributed by atoms with Crippen LogP contribution >= 0.6 is 0 Å². The van der Waals surface area contributed by atoms with Crippen LogP contribution in [0.15, 0.2) is 30.5 Å². The molecule has 94 valence electrons. The summed E-state index contributed by atoms with van der Waals surface area (Å²) in [5.74, 6) is 1.46. The molecule has 3 heteroatoms. The molecule has 0 spiro atoms. The van der Waals surface area contributed by atoms with Crippen molar-refractivity contribution in [3.63, 3.8) is 0 Å². The Morgan fingerprint density at radius 2 is 1.83 bits per heavy atom. The van der Waals surface area contributed by atoms with E-state index in [4.69, 9.17) is 10.5 Å².